The van der Waals surface area contributed by atoms with Crippen LogP contribution >= 0.6 is 24.8 Å². The molecule has 0 spiro atoms. The second-order valence-electron chi connectivity index (χ2n) is 6.21. The van der Waals surface area contributed by atoms with Gasteiger partial charge >= 0.3 is 0 Å². The second kappa shape index (κ2) is 8.97. The van der Waals surface area contributed by atoms with Crippen LogP contribution in [0.3, 0.4) is 0 Å². The first-order valence-electron chi connectivity index (χ1n) is 7.87. The van der Waals surface area contributed by atoms with Gasteiger partial charge in [0, 0.05) is 32.2 Å². The molecule has 5 heteroatoms. The highest BCUT2D eigenvalue weighted by Crippen LogP contribution is 2.40. The number of piperazine rings is 1. The maximum atomic E-state index is 5.40. The Hall–Kier alpha value is -0.480. The second-order valence-corrected chi connectivity index (χ2v) is 6.21. The fourth-order valence-electron chi connectivity index (χ4n) is 3.27. The highest BCUT2D eigenvalue weighted by molar-refractivity contribution is 5.85. The van der Waals surface area contributed by atoms with Gasteiger partial charge < -0.3 is 10.1 Å². The van der Waals surface area contributed by atoms with E-state index in [1.165, 1.54) is 43.5 Å². The van der Waals surface area contributed by atoms with E-state index in [1.807, 2.05) is 0 Å². The van der Waals surface area contributed by atoms with Crippen molar-refractivity contribution in [2.75, 3.05) is 33.3 Å². The summed E-state index contributed by atoms with van der Waals surface area (Å²) in [6.07, 6.45) is 4.18. The van der Waals surface area contributed by atoms with E-state index in [0.29, 0.717) is 6.04 Å². The normalized spacial score (nSPS) is 19.7. The minimum Gasteiger partial charge on any atom is -0.496 e. The number of rotatable bonds is 5. The Kier molecular flexibility index (Phi) is 7.98. The third-order valence-electron chi connectivity index (χ3n) is 4.65. The van der Waals surface area contributed by atoms with Crippen molar-refractivity contribution in [3.63, 3.8) is 0 Å². The molecule has 0 radical (unpaired) electrons. The summed E-state index contributed by atoms with van der Waals surface area (Å²) in [7, 11) is 1.75. The first-order chi connectivity index (χ1) is 9.78. The van der Waals surface area contributed by atoms with Crippen LogP contribution in [0.4, 0.5) is 0 Å². The highest BCUT2D eigenvalue weighted by atomic mass is 35.5. The van der Waals surface area contributed by atoms with Crippen LogP contribution in [0.25, 0.3) is 0 Å². The summed E-state index contributed by atoms with van der Waals surface area (Å²) in [6, 6.07) is 7.32. The van der Waals surface area contributed by atoms with Gasteiger partial charge in [-0.3, -0.25) is 4.90 Å². The molecular formula is C17H28Cl2N2O. The van der Waals surface area contributed by atoms with Gasteiger partial charge in [0.1, 0.15) is 5.75 Å². The van der Waals surface area contributed by atoms with Gasteiger partial charge in [0.2, 0.25) is 0 Å². The molecule has 22 heavy (non-hydrogen) atoms. The number of hydrogen-bond donors (Lipinski definition) is 1. The number of nitrogens with zero attached hydrogens (tertiary/aromatic N) is 1. The predicted octanol–water partition coefficient (Wildman–Crippen LogP) is 3.59. The van der Waals surface area contributed by atoms with Crippen molar-refractivity contribution in [1.82, 2.24) is 10.2 Å². The topological polar surface area (TPSA) is 24.5 Å². The lowest BCUT2D eigenvalue weighted by Gasteiger charge is -2.35. The van der Waals surface area contributed by atoms with Crippen LogP contribution in [-0.4, -0.2) is 38.2 Å². The first-order valence-corrected chi connectivity index (χ1v) is 7.87. The lowest BCUT2D eigenvalue weighted by atomic mass is 9.97. The van der Waals surface area contributed by atoms with Crippen LogP contribution in [-0.2, 0) is 0 Å². The zero-order chi connectivity index (χ0) is 13.9. The summed E-state index contributed by atoms with van der Waals surface area (Å²) in [5.74, 6) is 1.96. The summed E-state index contributed by atoms with van der Waals surface area (Å²) < 4.78 is 5.40. The molecule has 1 saturated heterocycles. The van der Waals surface area contributed by atoms with Crippen molar-refractivity contribution in [2.24, 2.45) is 5.92 Å². The van der Waals surface area contributed by atoms with E-state index in [0.717, 1.165) is 24.8 Å². The molecule has 0 unspecified atom stereocenters. The molecule has 1 saturated carbocycles. The average Bonchev–Trinajstić information content (AvgIpc) is 3.30. The molecule has 1 aliphatic carbocycles. The molecule has 1 N–H and O–H groups in total. The average molecular weight is 347 g/mol. The van der Waals surface area contributed by atoms with E-state index in [9.17, 15) is 0 Å². The Morgan fingerprint density at radius 1 is 1.23 bits per heavy atom. The first kappa shape index (κ1) is 19.6. The molecule has 0 bridgehead atoms. The summed E-state index contributed by atoms with van der Waals surface area (Å²) in [6.45, 7) is 6.73. The maximum absolute atomic E-state index is 5.40. The molecule has 1 aromatic rings. The maximum Gasteiger partial charge on any atom is 0.121 e. The van der Waals surface area contributed by atoms with Crippen molar-refractivity contribution in [1.29, 1.82) is 0 Å². The summed E-state index contributed by atoms with van der Waals surface area (Å²) >= 11 is 0. The molecule has 0 aromatic heterocycles. The Bertz CT molecular complexity index is 460. The fraction of sp³-hybridized carbons (Fsp3) is 0.647. The largest absolute Gasteiger partial charge is 0.496 e. The molecule has 1 aromatic carbocycles. The number of ether oxygens (including phenoxy) is 1. The molecule has 1 atom stereocenters. The third kappa shape index (κ3) is 4.76. The van der Waals surface area contributed by atoms with Crippen LogP contribution in [0.2, 0.25) is 0 Å². The van der Waals surface area contributed by atoms with Crippen molar-refractivity contribution in [2.45, 2.75) is 32.2 Å². The molecule has 1 heterocycles. The molecule has 3 nitrogen and oxygen atoms in total. The number of methoxy groups -OCH3 is 1. The van der Waals surface area contributed by atoms with Crippen LogP contribution in [0, 0.1) is 12.8 Å². The monoisotopic (exact) mass is 346 g/mol. The SMILES string of the molecule is COc1ccc([C@H](CC2CC2)N2CCNCC2)cc1C.Cl.Cl. The van der Waals surface area contributed by atoms with Gasteiger partial charge in [0.15, 0.2) is 0 Å². The summed E-state index contributed by atoms with van der Waals surface area (Å²) in [5, 5.41) is 3.46. The summed E-state index contributed by atoms with van der Waals surface area (Å²) in [4.78, 5) is 2.66. The Morgan fingerprint density at radius 3 is 2.45 bits per heavy atom. The highest BCUT2D eigenvalue weighted by Gasteiger charge is 2.30. The third-order valence-corrected chi connectivity index (χ3v) is 4.65. The van der Waals surface area contributed by atoms with Gasteiger partial charge in [-0.2, -0.15) is 0 Å². The summed E-state index contributed by atoms with van der Waals surface area (Å²) in [5.41, 5.74) is 2.72. The molecule has 2 aliphatic rings. The molecule has 2 fully saturated rings. The standard InChI is InChI=1S/C17H26N2O.2ClH/c1-13-11-15(5-6-17(13)20-2)16(12-14-3-4-14)19-9-7-18-8-10-19;;/h5-6,11,14,16,18H,3-4,7-10,12H2,1-2H3;2*1H/t16-;;/m0../s1. The van der Waals surface area contributed by atoms with E-state index in [2.05, 4.69) is 35.3 Å². The quantitative estimate of drug-likeness (QED) is 0.881. The van der Waals surface area contributed by atoms with Gasteiger partial charge in [-0.15, -0.1) is 24.8 Å². The van der Waals surface area contributed by atoms with Crippen LogP contribution in [0.5, 0.6) is 5.75 Å². The van der Waals surface area contributed by atoms with Gasteiger partial charge in [-0.25, -0.2) is 0 Å². The molecule has 3 rings (SSSR count). The van der Waals surface area contributed by atoms with E-state index in [-0.39, 0.29) is 24.8 Å². The molecular weight excluding hydrogens is 319 g/mol. The Morgan fingerprint density at radius 2 is 1.91 bits per heavy atom. The number of benzene rings is 1. The van der Waals surface area contributed by atoms with Crippen LogP contribution < -0.4 is 10.1 Å². The number of halogens is 2. The van der Waals surface area contributed by atoms with Crippen molar-refractivity contribution >= 4 is 24.8 Å². The Balaban J connectivity index is 0.00000121. The van der Waals surface area contributed by atoms with Gasteiger partial charge in [-0.1, -0.05) is 25.0 Å². The molecule has 1 aliphatic heterocycles. The lowest BCUT2D eigenvalue weighted by Crippen LogP contribution is -2.45. The smallest absolute Gasteiger partial charge is 0.121 e. The van der Waals surface area contributed by atoms with Crippen molar-refractivity contribution in [3.05, 3.63) is 29.3 Å². The Labute approximate surface area is 146 Å². The van der Waals surface area contributed by atoms with Gasteiger partial charge in [0.05, 0.1) is 7.11 Å². The lowest BCUT2D eigenvalue weighted by molar-refractivity contribution is 0.160. The van der Waals surface area contributed by atoms with Crippen molar-refractivity contribution < 1.29 is 4.74 Å². The van der Waals surface area contributed by atoms with Gasteiger partial charge in [0.25, 0.3) is 0 Å². The number of aryl methyl sites for hydroxylation is 1. The van der Waals surface area contributed by atoms with E-state index in [1.54, 1.807) is 7.11 Å². The van der Waals surface area contributed by atoms with Gasteiger partial charge in [-0.05, 0) is 36.5 Å². The zero-order valence-electron chi connectivity index (χ0n) is 13.5. The molecule has 0 amide bonds. The van der Waals surface area contributed by atoms with E-state index in [4.69, 9.17) is 4.74 Å². The predicted molar refractivity (Wildman–Crippen MR) is 96.8 cm³/mol. The molecule has 126 valence electrons. The van der Waals surface area contributed by atoms with E-state index >= 15 is 0 Å². The fourth-order valence-corrected chi connectivity index (χ4v) is 3.27. The van der Waals surface area contributed by atoms with Crippen LogP contribution in [0.1, 0.15) is 36.4 Å². The minimum absolute atomic E-state index is 0. The van der Waals surface area contributed by atoms with Crippen LogP contribution in [0.15, 0.2) is 18.2 Å². The van der Waals surface area contributed by atoms with E-state index < -0.39 is 0 Å². The number of nitrogens with one attached hydrogen (secondary N) is 1. The minimum atomic E-state index is 0. The number of hydrogen-bond acceptors (Lipinski definition) is 3. The van der Waals surface area contributed by atoms with Crippen molar-refractivity contribution in [3.8, 4) is 5.75 Å². The zero-order valence-corrected chi connectivity index (χ0v) is 15.1.